The first-order valence-electron chi connectivity index (χ1n) is 5.43. The Morgan fingerprint density at radius 2 is 2.17 bits per heavy atom. The Morgan fingerprint density at radius 1 is 1.39 bits per heavy atom. The summed E-state index contributed by atoms with van der Waals surface area (Å²) in [5.74, 6) is -1.46. The highest BCUT2D eigenvalue weighted by Crippen LogP contribution is 2.31. The Morgan fingerprint density at radius 3 is 2.89 bits per heavy atom. The summed E-state index contributed by atoms with van der Waals surface area (Å²) in [4.78, 5) is 18.0. The maximum absolute atomic E-state index is 10.8. The standard InChI is InChI=1S/C13H10N2O3/c1-7-11(8-4-2-3-5-9(8)14-7)10-6-18-12(15-10)13(16)17/h2-6,14H,1H3,(H,16,17). The van der Waals surface area contributed by atoms with Gasteiger partial charge < -0.3 is 14.5 Å². The number of oxazole rings is 1. The van der Waals surface area contributed by atoms with Crippen molar-refractivity contribution in [2.45, 2.75) is 6.92 Å². The van der Waals surface area contributed by atoms with Crippen molar-refractivity contribution in [1.82, 2.24) is 9.97 Å². The van der Waals surface area contributed by atoms with Crippen LogP contribution in [0.15, 0.2) is 34.9 Å². The monoisotopic (exact) mass is 242 g/mol. The van der Waals surface area contributed by atoms with Crippen LogP contribution in [0.1, 0.15) is 16.4 Å². The van der Waals surface area contributed by atoms with E-state index in [1.807, 2.05) is 31.2 Å². The van der Waals surface area contributed by atoms with Crippen molar-refractivity contribution in [2.75, 3.05) is 0 Å². The molecule has 0 bridgehead atoms. The fraction of sp³-hybridized carbons (Fsp3) is 0.0769. The maximum atomic E-state index is 10.8. The zero-order valence-corrected chi connectivity index (χ0v) is 9.60. The third-order valence-corrected chi connectivity index (χ3v) is 2.84. The van der Waals surface area contributed by atoms with E-state index in [0.717, 1.165) is 22.2 Å². The molecular formula is C13H10N2O3. The molecule has 0 atom stereocenters. The molecule has 1 aromatic carbocycles. The van der Waals surface area contributed by atoms with Gasteiger partial charge >= 0.3 is 11.9 Å². The number of aromatic carboxylic acids is 1. The van der Waals surface area contributed by atoms with Gasteiger partial charge in [0.25, 0.3) is 0 Å². The molecule has 5 heteroatoms. The maximum Gasteiger partial charge on any atom is 0.392 e. The molecule has 3 rings (SSSR count). The molecule has 2 aromatic heterocycles. The highest BCUT2D eigenvalue weighted by molar-refractivity contribution is 5.96. The number of carbonyl (C=O) groups is 1. The Kier molecular flexibility index (Phi) is 2.19. The van der Waals surface area contributed by atoms with Crippen molar-refractivity contribution in [3.05, 3.63) is 42.1 Å². The van der Waals surface area contributed by atoms with E-state index in [1.165, 1.54) is 6.26 Å². The third-order valence-electron chi connectivity index (χ3n) is 2.84. The van der Waals surface area contributed by atoms with Gasteiger partial charge in [0, 0.05) is 22.2 Å². The Labute approximate surface area is 102 Å². The SMILES string of the molecule is Cc1[nH]c2ccccc2c1-c1coc(C(=O)O)n1. The molecule has 0 saturated heterocycles. The smallest absolute Gasteiger partial charge is 0.392 e. The number of rotatable bonds is 2. The van der Waals surface area contributed by atoms with Crippen molar-refractivity contribution < 1.29 is 14.3 Å². The van der Waals surface area contributed by atoms with Crippen molar-refractivity contribution in [2.24, 2.45) is 0 Å². The number of benzene rings is 1. The molecule has 0 aliphatic rings. The highest BCUT2D eigenvalue weighted by atomic mass is 16.4. The first-order chi connectivity index (χ1) is 8.66. The van der Waals surface area contributed by atoms with Gasteiger partial charge in [0.2, 0.25) is 0 Å². The average Bonchev–Trinajstić information content (AvgIpc) is 2.91. The molecule has 0 aliphatic carbocycles. The number of aromatic amines is 1. The van der Waals surface area contributed by atoms with E-state index in [-0.39, 0.29) is 5.89 Å². The summed E-state index contributed by atoms with van der Waals surface area (Å²) in [7, 11) is 0. The molecule has 0 unspecified atom stereocenters. The van der Waals surface area contributed by atoms with Gasteiger partial charge in [0.05, 0.1) is 0 Å². The Bertz CT molecular complexity index is 740. The fourth-order valence-corrected chi connectivity index (χ4v) is 2.09. The number of hydrogen-bond donors (Lipinski definition) is 2. The number of nitrogens with one attached hydrogen (secondary N) is 1. The number of hydrogen-bond acceptors (Lipinski definition) is 3. The van der Waals surface area contributed by atoms with Crippen LogP contribution < -0.4 is 0 Å². The number of aryl methyl sites for hydroxylation is 1. The molecule has 3 aromatic rings. The molecule has 18 heavy (non-hydrogen) atoms. The number of carboxylic acid groups (broad SMARTS) is 1. The fourth-order valence-electron chi connectivity index (χ4n) is 2.09. The second-order valence-electron chi connectivity index (χ2n) is 4.01. The minimum absolute atomic E-state index is 0.297. The first kappa shape index (κ1) is 10.6. The van der Waals surface area contributed by atoms with Crippen molar-refractivity contribution in [3.63, 3.8) is 0 Å². The van der Waals surface area contributed by atoms with E-state index in [9.17, 15) is 4.79 Å². The highest BCUT2D eigenvalue weighted by Gasteiger charge is 2.17. The summed E-state index contributed by atoms with van der Waals surface area (Å²) in [6.07, 6.45) is 1.37. The topological polar surface area (TPSA) is 79.1 Å². The molecular weight excluding hydrogens is 232 g/mol. The van der Waals surface area contributed by atoms with Gasteiger partial charge in [-0.25, -0.2) is 9.78 Å². The van der Waals surface area contributed by atoms with E-state index in [0.29, 0.717) is 5.69 Å². The van der Waals surface area contributed by atoms with E-state index >= 15 is 0 Å². The van der Waals surface area contributed by atoms with Crippen LogP contribution in [0, 0.1) is 6.92 Å². The molecule has 0 saturated carbocycles. The van der Waals surface area contributed by atoms with Gasteiger partial charge in [0.15, 0.2) is 0 Å². The lowest BCUT2D eigenvalue weighted by Gasteiger charge is -1.94. The van der Waals surface area contributed by atoms with Crippen molar-refractivity contribution >= 4 is 16.9 Å². The van der Waals surface area contributed by atoms with Crippen LogP contribution in [0.5, 0.6) is 0 Å². The minimum Gasteiger partial charge on any atom is -0.474 e. The van der Waals surface area contributed by atoms with E-state index < -0.39 is 5.97 Å². The molecule has 5 nitrogen and oxygen atoms in total. The molecule has 0 aliphatic heterocycles. The molecule has 2 N–H and O–H groups in total. The predicted octanol–water partition coefficient (Wildman–Crippen LogP) is 2.83. The number of carboxylic acids is 1. The minimum atomic E-state index is -1.17. The van der Waals surface area contributed by atoms with Gasteiger partial charge in [-0.3, -0.25) is 0 Å². The van der Waals surface area contributed by atoms with Crippen molar-refractivity contribution in [1.29, 1.82) is 0 Å². The normalized spacial score (nSPS) is 10.9. The second kappa shape index (κ2) is 3.73. The van der Waals surface area contributed by atoms with Gasteiger partial charge in [-0.1, -0.05) is 18.2 Å². The summed E-state index contributed by atoms with van der Waals surface area (Å²) in [6.45, 7) is 1.92. The van der Waals surface area contributed by atoms with Gasteiger partial charge in [-0.2, -0.15) is 0 Å². The van der Waals surface area contributed by atoms with E-state index in [1.54, 1.807) is 0 Å². The zero-order valence-electron chi connectivity index (χ0n) is 9.60. The summed E-state index contributed by atoms with van der Waals surface area (Å²) >= 11 is 0. The number of H-pyrrole nitrogens is 1. The lowest BCUT2D eigenvalue weighted by molar-refractivity contribution is 0.0653. The summed E-state index contributed by atoms with van der Waals surface area (Å²) in [6, 6.07) is 7.79. The number of aromatic nitrogens is 2. The van der Waals surface area contributed by atoms with Gasteiger partial charge in [0.1, 0.15) is 12.0 Å². The number of fused-ring (bicyclic) bond motifs is 1. The second-order valence-corrected chi connectivity index (χ2v) is 4.01. The zero-order chi connectivity index (χ0) is 12.7. The van der Waals surface area contributed by atoms with Gasteiger partial charge in [-0.15, -0.1) is 0 Å². The van der Waals surface area contributed by atoms with Crippen LogP contribution in [0.2, 0.25) is 0 Å². The lowest BCUT2D eigenvalue weighted by atomic mass is 10.1. The molecule has 90 valence electrons. The average molecular weight is 242 g/mol. The van der Waals surface area contributed by atoms with Gasteiger partial charge in [-0.05, 0) is 13.0 Å². The van der Waals surface area contributed by atoms with E-state index in [4.69, 9.17) is 9.52 Å². The molecule has 0 radical (unpaired) electrons. The molecule has 0 amide bonds. The van der Waals surface area contributed by atoms with Crippen LogP contribution in [-0.2, 0) is 0 Å². The van der Waals surface area contributed by atoms with E-state index in [2.05, 4.69) is 9.97 Å². The van der Waals surface area contributed by atoms with Crippen LogP contribution in [0.3, 0.4) is 0 Å². The number of para-hydroxylation sites is 1. The lowest BCUT2D eigenvalue weighted by Crippen LogP contribution is -1.95. The summed E-state index contributed by atoms with van der Waals surface area (Å²) < 4.78 is 4.93. The van der Waals surface area contributed by atoms with Crippen LogP contribution in [-0.4, -0.2) is 21.0 Å². The first-order valence-corrected chi connectivity index (χ1v) is 5.43. The Hall–Kier alpha value is -2.56. The van der Waals surface area contributed by atoms with Crippen molar-refractivity contribution in [3.8, 4) is 11.3 Å². The molecule has 2 heterocycles. The molecule has 0 spiro atoms. The number of nitrogens with zero attached hydrogens (tertiary/aromatic N) is 1. The Balaban J connectivity index is 2.24. The van der Waals surface area contributed by atoms with Crippen LogP contribution in [0.25, 0.3) is 22.2 Å². The summed E-state index contributed by atoms with van der Waals surface area (Å²) in [5, 5.41) is 9.81. The van der Waals surface area contributed by atoms with Crippen LogP contribution >= 0.6 is 0 Å². The predicted molar refractivity (Wildman–Crippen MR) is 65.5 cm³/mol. The largest absolute Gasteiger partial charge is 0.474 e. The molecule has 0 fully saturated rings. The quantitative estimate of drug-likeness (QED) is 0.724. The summed E-state index contributed by atoms with van der Waals surface area (Å²) in [5.41, 5.74) is 3.33. The third kappa shape index (κ3) is 1.48. The van der Waals surface area contributed by atoms with Crippen LogP contribution in [0.4, 0.5) is 0 Å².